The summed E-state index contributed by atoms with van der Waals surface area (Å²) >= 11 is 0. The lowest BCUT2D eigenvalue weighted by Gasteiger charge is -2.36. The quantitative estimate of drug-likeness (QED) is 0.876. The van der Waals surface area contributed by atoms with Gasteiger partial charge >= 0.3 is 0 Å². The molecule has 0 atom stereocenters. The van der Waals surface area contributed by atoms with Crippen molar-refractivity contribution in [3.05, 3.63) is 29.3 Å². The van der Waals surface area contributed by atoms with Crippen LogP contribution in [0.3, 0.4) is 0 Å². The van der Waals surface area contributed by atoms with Gasteiger partial charge in [-0.2, -0.15) is 0 Å². The number of rotatable bonds is 5. The Balaban J connectivity index is 1.60. The first kappa shape index (κ1) is 14.9. The van der Waals surface area contributed by atoms with Crippen LogP contribution in [0.1, 0.15) is 50.7 Å². The summed E-state index contributed by atoms with van der Waals surface area (Å²) in [4.78, 5) is 2.59. The topological polar surface area (TPSA) is 15.3 Å². The standard InChI is InChI=1S/C19H30N2/c1-14(2)17-8-10-21(11-9-17)19-7-4-16(12-15(19)3)13-20-18-5-6-18/h4,7,12,14,17-18,20H,5-6,8-11,13H2,1-3H3. The number of hydrogen-bond acceptors (Lipinski definition) is 2. The lowest BCUT2D eigenvalue weighted by molar-refractivity contribution is 0.311. The molecule has 2 nitrogen and oxygen atoms in total. The monoisotopic (exact) mass is 286 g/mol. The van der Waals surface area contributed by atoms with E-state index in [1.807, 2.05) is 0 Å². The zero-order valence-electron chi connectivity index (χ0n) is 13.9. The van der Waals surface area contributed by atoms with Crippen molar-refractivity contribution in [3.63, 3.8) is 0 Å². The van der Waals surface area contributed by atoms with Gasteiger partial charge in [0.2, 0.25) is 0 Å². The number of nitrogens with one attached hydrogen (secondary N) is 1. The zero-order valence-corrected chi connectivity index (χ0v) is 13.9. The van der Waals surface area contributed by atoms with Crippen LogP contribution in [0.5, 0.6) is 0 Å². The number of nitrogens with zero attached hydrogens (tertiary/aromatic N) is 1. The van der Waals surface area contributed by atoms with Crippen molar-refractivity contribution in [2.75, 3.05) is 18.0 Å². The van der Waals surface area contributed by atoms with Crippen LogP contribution in [0.15, 0.2) is 18.2 Å². The van der Waals surface area contributed by atoms with Crippen LogP contribution in [-0.4, -0.2) is 19.1 Å². The Bertz CT molecular complexity index is 468. The molecule has 2 fully saturated rings. The summed E-state index contributed by atoms with van der Waals surface area (Å²) in [5.74, 6) is 1.76. The maximum atomic E-state index is 3.60. The van der Waals surface area contributed by atoms with Crippen LogP contribution in [0.4, 0.5) is 5.69 Å². The highest BCUT2D eigenvalue weighted by molar-refractivity contribution is 5.54. The van der Waals surface area contributed by atoms with E-state index in [2.05, 4.69) is 49.2 Å². The van der Waals surface area contributed by atoms with E-state index in [0.29, 0.717) is 0 Å². The average Bonchev–Trinajstić information content (AvgIpc) is 3.29. The van der Waals surface area contributed by atoms with Gasteiger partial charge in [-0.1, -0.05) is 26.0 Å². The molecule has 116 valence electrons. The molecular weight excluding hydrogens is 256 g/mol. The lowest BCUT2D eigenvalue weighted by Crippen LogP contribution is -2.35. The van der Waals surface area contributed by atoms with Crippen LogP contribution in [0.2, 0.25) is 0 Å². The van der Waals surface area contributed by atoms with E-state index in [-0.39, 0.29) is 0 Å². The molecule has 3 rings (SSSR count). The van der Waals surface area contributed by atoms with E-state index in [1.165, 1.54) is 55.6 Å². The Morgan fingerprint density at radius 1 is 1.14 bits per heavy atom. The molecule has 1 aliphatic carbocycles. The van der Waals surface area contributed by atoms with Gasteiger partial charge in [-0.05, 0) is 61.6 Å². The van der Waals surface area contributed by atoms with Gasteiger partial charge in [-0.3, -0.25) is 0 Å². The van der Waals surface area contributed by atoms with Crippen LogP contribution in [0, 0.1) is 18.8 Å². The second-order valence-electron chi connectivity index (χ2n) is 7.34. The molecule has 1 aromatic rings. The van der Waals surface area contributed by atoms with E-state index in [1.54, 1.807) is 0 Å². The maximum absolute atomic E-state index is 3.60. The van der Waals surface area contributed by atoms with Gasteiger partial charge in [0, 0.05) is 31.4 Å². The highest BCUT2D eigenvalue weighted by Gasteiger charge is 2.23. The van der Waals surface area contributed by atoms with E-state index in [0.717, 1.165) is 24.4 Å². The minimum absolute atomic E-state index is 0.792. The predicted molar refractivity (Wildman–Crippen MR) is 90.8 cm³/mol. The SMILES string of the molecule is Cc1cc(CNC2CC2)ccc1N1CCC(C(C)C)CC1. The van der Waals surface area contributed by atoms with Gasteiger partial charge in [0.05, 0.1) is 0 Å². The molecule has 1 saturated heterocycles. The summed E-state index contributed by atoms with van der Waals surface area (Å²) in [7, 11) is 0. The third-order valence-electron chi connectivity index (χ3n) is 5.26. The summed E-state index contributed by atoms with van der Waals surface area (Å²) in [6, 6.07) is 7.82. The molecule has 1 aliphatic heterocycles. The van der Waals surface area contributed by atoms with Crippen molar-refractivity contribution in [3.8, 4) is 0 Å². The molecule has 1 heterocycles. The van der Waals surface area contributed by atoms with Gasteiger partial charge in [0.15, 0.2) is 0 Å². The van der Waals surface area contributed by atoms with E-state index in [4.69, 9.17) is 0 Å². The summed E-state index contributed by atoms with van der Waals surface area (Å²) in [6.07, 6.45) is 5.42. The fraction of sp³-hybridized carbons (Fsp3) is 0.684. The molecule has 1 aromatic carbocycles. The van der Waals surface area contributed by atoms with Crippen molar-refractivity contribution in [2.45, 2.75) is 59.0 Å². The molecule has 2 heteroatoms. The average molecular weight is 286 g/mol. The van der Waals surface area contributed by atoms with Crippen molar-refractivity contribution in [1.29, 1.82) is 0 Å². The molecular formula is C19H30N2. The first-order chi connectivity index (χ1) is 10.1. The molecule has 0 radical (unpaired) electrons. The largest absolute Gasteiger partial charge is 0.371 e. The Morgan fingerprint density at radius 3 is 2.43 bits per heavy atom. The minimum atomic E-state index is 0.792. The normalized spacial score (nSPS) is 20.3. The number of aryl methyl sites for hydroxylation is 1. The number of anilines is 1. The zero-order chi connectivity index (χ0) is 14.8. The lowest BCUT2D eigenvalue weighted by atomic mass is 9.86. The molecule has 0 aromatic heterocycles. The third-order valence-corrected chi connectivity index (χ3v) is 5.26. The first-order valence-corrected chi connectivity index (χ1v) is 8.71. The summed E-state index contributed by atoms with van der Waals surface area (Å²) in [5.41, 5.74) is 4.32. The number of hydrogen-bond donors (Lipinski definition) is 1. The molecule has 0 bridgehead atoms. The van der Waals surface area contributed by atoms with Crippen molar-refractivity contribution >= 4 is 5.69 Å². The molecule has 0 spiro atoms. The minimum Gasteiger partial charge on any atom is -0.371 e. The number of piperidine rings is 1. The second kappa shape index (κ2) is 6.39. The van der Waals surface area contributed by atoms with E-state index in [9.17, 15) is 0 Å². The Labute approximate surface area is 129 Å². The third kappa shape index (κ3) is 3.79. The second-order valence-corrected chi connectivity index (χ2v) is 7.34. The van der Waals surface area contributed by atoms with Crippen LogP contribution < -0.4 is 10.2 Å². The molecule has 21 heavy (non-hydrogen) atoms. The van der Waals surface area contributed by atoms with Gasteiger partial charge in [0.25, 0.3) is 0 Å². The Morgan fingerprint density at radius 2 is 1.86 bits per heavy atom. The Hall–Kier alpha value is -1.02. The van der Waals surface area contributed by atoms with E-state index < -0.39 is 0 Å². The van der Waals surface area contributed by atoms with Crippen LogP contribution >= 0.6 is 0 Å². The predicted octanol–water partition coefficient (Wildman–Crippen LogP) is 4.12. The van der Waals surface area contributed by atoms with Gasteiger partial charge in [-0.25, -0.2) is 0 Å². The van der Waals surface area contributed by atoms with E-state index >= 15 is 0 Å². The van der Waals surface area contributed by atoms with Crippen molar-refractivity contribution < 1.29 is 0 Å². The molecule has 2 aliphatic rings. The maximum Gasteiger partial charge on any atom is 0.0396 e. The van der Waals surface area contributed by atoms with Crippen LogP contribution in [0.25, 0.3) is 0 Å². The molecule has 0 amide bonds. The van der Waals surface area contributed by atoms with Gasteiger partial charge in [-0.15, -0.1) is 0 Å². The fourth-order valence-corrected chi connectivity index (χ4v) is 3.54. The highest BCUT2D eigenvalue weighted by atomic mass is 15.1. The highest BCUT2D eigenvalue weighted by Crippen LogP contribution is 2.30. The van der Waals surface area contributed by atoms with Gasteiger partial charge in [0.1, 0.15) is 0 Å². The van der Waals surface area contributed by atoms with Crippen LogP contribution in [-0.2, 0) is 6.54 Å². The Kier molecular flexibility index (Phi) is 4.54. The molecule has 1 saturated carbocycles. The summed E-state index contributed by atoms with van der Waals surface area (Å²) in [6.45, 7) is 10.5. The van der Waals surface area contributed by atoms with Gasteiger partial charge < -0.3 is 10.2 Å². The summed E-state index contributed by atoms with van der Waals surface area (Å²) < 4.78 is 0. The molecule has 0 unspecified atom stereocenters. The number of benzene rings is 1. The van der Waals surface area contributed by atoms with Crippen molar-refractivity contribution in [2.24, 2.45) is 11.8 Å². The fourth-order valence-electron chi connectivity index (χ4n) is 3.54. The summed E-state index contributed by atoms with van der Waals surface area (Å²) in [5, 5.41) is 3.60. The van der Waals surface area contributed by atoms with Crippen molar-refractivity contribution in [1.82, 2.24) is 5.32 Å². The first-order valence-electron chi connectivity index (χ1n) is 8.71. The smallest absolute Gasteiger partial charge is 0.0396 e. The molecule has 1 N–H and O–H groups in total.